The third-order valence-electron chi connectivity index (χ3n) is 4.42. The average Bonchev–Trinajstić information content (AvgIpc) is 2.67. The number of nitrogens with zero attached hydrogens (tertiary/aromatic N) is 3. The van der Waals surface area contributed by atoms with Crippen molar-refractivity contribution in [2.24, 2.45) is 0 Å². The molecule has 0 aliphatic carbocycles. The number of amides is 1. The zero-order valence-electron chi connectivity index (χ0n) is 14.9. The van der Waals surface area contributed by atoms with Gasteiger partial charge in [0.25, 0.3) is 5.91 Å². The van der Waals surface area contributed by atoms with Crippen molar-refractivity contribution >= 4 is 23.2 Å². The SMILES string of the molecule is COc1ccc(N2CCN(C(=O)COc3ccc(Cl)cc3C)CC2)cn1. The van der Waals surface area contributed by atoms with Gasteiger partial charge in [0, 0.05) is 37.3 Å². The van der Waals surface area contributed by atoms with E-state index in [1.54, 1.807) is 25.4 Å². The third kappa shape index (κ3) is 4.38. The fourth-order valence-corrected chi connectivity index (χ4v) is 3.13. The molecular formula is C19H22ClN3O3. The zero-order valence-corrected chi connectivity index (χ0v) is 15.7. The summed E-state index contributed by atoms with van der Waals surface area (Å²) in [5.74, 6) is 1.27. The number of aromatic nitrogens is 1. The quantitative estimate of drug-likeness (QED) is 0.804. The maximum absolute atomic E-state index is 12.4. The van der Waals surface area contributed by atoms with Crippen LogP contribution in [-0.2, 0) is 4.79 Å². The number of rotatable bonds is 5. The van der Waals surface area contributed by atoms with Crippen LogP contribution in [-0.4, -0.2) is 55.7 Å². The summed E-state index contributed by atoms with van der Waals surface area (Å²) in [7, 11) is 1.60. The normalized spacial score (nSPS) is 14.3. The molecule has 3 rings (SSSR count). The number of benzene rings is 1. The van der Waals surface area contributed by atoms with Crippen LogP contribution in [0.5, 0.6) is 11.6 Å². The first kappa shape index (κ1) is 18.3. The van der Waals surface area contributed by atoms with Crippen LogP contribution in [0, 0.1) is 6.92 Å². The predicted octanol–water partition coefficient (Wildman–Crippen LogP) is 2.78. The van der Waals surface area contributed by atoms with Gasteiger partial charge in [0.2, 0.25) is 5.88 Å². The lowest BCUT2D eigenvalue weighted by Crippen LogP contribution is -2.50. The van der Waals surface area contributed by atoms with Crippen LogP contribution in [0.2, 0.25) is 5.02 Å². The first-order chi connectivity index (χ1) is 12.6. The molecule has 6 nitrogen and oxygen atoms in total. The van der Waals surface area contributed by atoms with Gasteiger partial charge in [0.15, 0.2) is 6.61 Å². The molecule has 7 heteroatoms. The summed E-state index contributed by atoms with van der Waals surface area (Å²) in [5.41, 5.74) is 1.95. The second-order valence-corrected chi connectivity index (χ2v) is 6.56. The van der Waals surface area contributed by atoms with Gasteiger partial charge in [-0.25, -0.2) is 4.98 Å². The standard InChI is InChI=1S/C19H22ClN3O3/c1-14-11-15(20)3-5-17(14)26-13-19(24)23-9-7-22(8-10-23)16-4-6-18(25-2)21-12-16/h3-6,11-12H,7-10,13H2,1-2H3. The van der Waals surface area contributed by atoms with Gasteiger partial charge in [-0.1, -0.05) is 11.6 Å². The average molecular weight is 376 g/mol. The molecule has 2 aromatic rings. The molecule has 1 aromatic carbocycles. The Morgan fingerprint density at radius 3 is 2.58 bits per heavy atom. The van der Waals surface area contributed by atoms with E-state index in [4.69, 9.17) is 21.1 Å². The lowest BCUT2D eigenvalue weighted by molar-refractivity contribution is -0.133. The number of ether oxygens (including phenoxy) is 2. The molecule has 0 saturated carbocycles. The Kier molecular flexibility index (Phi) is 5.83. The molecule has 0 atom stereocenters. The number of hydrogen-bond donors (Lipinski definition) is 0. The molecule has 1 aromatic heterocycles. The van der Waals surface area contributed by atoms with Gasteiger partial charge in [-0.2, -0.15) is 0 Å². The molecule has 1 amide bonds. The maximum Gasteiger partial charge on any atom is 0.260 e. The first-order valence-corrected chi connectivity index (χ1v) is 8.86. The topological polar surface area (TPSA) is 54.9 Å². The Labute approximate surface area is 158 Å². The number of piperazine rings is 1. The molecule has 138 valence electrons. The van der Waals surface area contributed by atoms with E-state index < -0.39 is 0 Å². The van der Waals surface area contributed by atoms with Gasteiger partial charge in [0.1, 0.15) is 5.75 Å². The Morgan fingerprint density at radius 2 is 1.96 bits per heavy atom. The number of hydrogen-bond acceptors (Lipinski definition) is 5. The molecule has 0 unspecified atom stereocenters. The molecule has 2 heterocycles. The van der Waals surface area contributed by atoms with Gasteiger partial charge >= 0.3 is 0 Å². The Balaban J connectivity index is 1.50. The number of carbonyl (C=O) groups excluding carboxylic acids is 1. The number of carbonyl (C=O) groups is 1. The summed E-state index contributed by atoms with van der Waals surface area (Å²) < 4.78 is 10.7. The molecule has 0 radical (unpaired) electrons. The van der Waals surface area contributed by atoms with E-state index in [0.29, 0.717) is 29.7 Å². The minimum absolute atomic E-state index is 0.00754. The van der Waals surface area contributed by atoms with Gasteiger partial charge in [-0.3, -0.25) is 4.79 Å². The van der Waals surface area contributed by atoms with Crippen molar-refractivity contribution in [1.29, 1.82) is 0 Å². The highest BCUT2D eigenvalue weighted by Gasteiger charge is 2.22. The summed E-state index contributed by atoms with van der Waals surface area (Å²) >= 11 is 5.94. The molecule has 1 fully saturated rings. The molecule has 1 aliphatic heterocycles. The second kappa shape index (κ2) is 8.27. The van der Waals surface area contributed by atoms with Crippen LogP contribution in [0.1, 0.15) is 5.56 Å². The van der Waals surface area contributed by atoms with Crippen LogP contribution in [0.25, 0.3) is 0 Å². The summed E-state index contributed by atoms with van der Waals surface area (Å²) in [6.07, 6.45) is 1.79. The number of halogens is 1. The molecule has 0 spiro atoms. The lowest BCUT2D eigenvalue weighted by atomic mass is 10.2. The fourth-order valence-electron chi connectivity index (χ4n) is 2.90. The summed E-state index contributed by atoms with van der Waals surface area (Å²) in [6, 6.07) is 9.20. The molecular weight excluding hydrogens is 354 g/mol. The van der Waals surface area contributed by atoms with E-state index in [2.05, 4.69) is 9.88 Å². The van der Waals surface area contributed by atoms with Crippen molar-refractivity contribution in [2.75, 3.05) is 44.8 Å². The predicted molar refractivity (Wildman–Crippen MR) is 101 cm³/mol. The molecule has 0 N–H and O–H groups in total. The van der Waals surface area contributed by atoms with Crippen LogP contribution >= 0.6 is 11.6 Å². The van der Waals surface area contributed by atoms with E-state index in [1.807, 2.05) is 30.0 Å². The molecule has 0 bridgehead atoms. The highest BCUT2D eigenvalue weighted by atomic mass is 35.5. The molecule has 26 heavy (non-hydrogen) atoms. The highest BCUT2D eigenvalue weighted by Crippen LogP contribution is 2.22. The Bertz CT molecular complexity index is 759. The van der Waals surface area contributed by atoms with Crippen LogP contribution in [0.15, 0.2) is 36.5 Å². The fraction of sp³-hybridized carbons (Fsp3) is 0.368. The Morgan fingerprint density at radius 1 is 1.19 bits per heavy atom. The lowest BCUT2D eigenvalue weighted by Gasteiger charge is -2.35. The van der Waals surface area contributed by atoms with Crippen molar-refractivity contribution in [3.8, 4) is 11.6 Å². The minimum atomic E-state index is -0.00754. The summed E-state index contributed by atoms with van der Waals surface area (Å²) in [6.45, 7) is 4.79. The zero-order chi connectivity index (χ0) is 18.5. The van der Waals surface area contributed by atoms with Gasteiger partial charge in [-0.15, -0.1) is 0 Å². The van der Waals surface area contributed by atoms with Crippen LogP contribution < -0.4 is 14.4 Å². The van der Waals surface area contributed by atoms with Crippen LogP contribution in [0.4, 0.5) is 5.69 Å². The van der Waals surface area contributed by atoms with Gasteiger partial charge in [0.05, 0.1) is 19.0 Å². The van der Waals surface area contributed by atoms with Crippen LogP contribution in [0.3, 0.4) is 0 Å². The van der Waals surface area contributed by atoms with Crippen molar-refractivity contribution in [1.82, 2.24) is 9.88 Å². The number of methoxy groups -OCH3 is 1. The van der Waals surface area contributed by atoms with E-state index in [-0.39, 0.29) is 12.5 Å². The minimum Gasteiger partial charge on any atom is -0.483 e. The van der Waals surface area contributed by atoms with Gasteiger partial charge in [-0.05, 0) is 36.8 Å². The highest BCUT2D eigenvalue weighted by molar-refractivity contribution is 6.30. The summed E-state index contributed by atoms with van der Waals surface area (Å²) in [5, 5.41) is 0.658. The summed E-state index contributed by atoms with van der Waals surface area (Å²) in [4.78, 5) is 20.7. The van der Waals surface area contributed by atoms with Crippen molar-refractivity contribution in [3.63, 3.8) is 0 Å². The van der Waals surface area contributed by atoms with E-state index in [9.17, 15) is 4.79 Å². The van der Waals surface area contributed by atoms with Crippen molar-refractivity contribution in [3.05, 3.63) is 47.1 Å². The van der Waals surface area contributed by atoms with E-state index in [1.165, 1.54) is 0 Å². The Hall–Kier alpha value is -2.47. The first-order valence-electron chi connectivity index (χ1n) is 8.48. The largest absolute Gasteiger partial charge is 0.483 e. The van der Waals surface area contributed by atoms with Gasteiger partial charge < -0.3 is 19.3 Å². The maximum atomic E-state index is 12.4. The monoisotopic (exact) mass is 375 g/mol. The third-order valence-corrected chi connectivity index (χ3v) is 4.65. The number of anilines is 1. The van der Waals surface area contributed by atoms with E-state index >= 15 is 0 Å². The molecule has 1 aliphatic rings. The van der Waals surface area contributed by atoms with Crippen molar-refractivity contribution in [2.45, 2.75) is 6.92 Å². The number of aryl methyl sites for hydroxylation is 1. The second-order valence-electron chi connectivity index (χ2n) is 6.13. The number of pyridine rings is 1. The molecule has 1 saturated heterocycles. The van der Waals surface area contributed by atoms with E-state index in [0.717, 1.165) is 24.3 Å². The van der Waals surface area contributed by atoms with Crippen molar-refractivity contribution < 1.29 is 14.3 Å². The smallest absolute Gasteiger partial charge is 0.260 e.